The maximum absolute atomic E-state index is 12.6. The van der Waals surface area contributed by atoms with Crippen molar-refractivity contribution in [3.63, 3.8) is 0 Å². The summed E-state index contributed by atoms with van der Waals surface area (Å²) in [6, 6.07) is 1.82. The number of halogens is 1. The van der Waals surface area contributed by atoms with Gasteiger partial charge in [0, 0.05) is 64.6 Å². The van der Waals surface area contributed by atoms with Crippen LogP contribution < -0.4 is 15.5 Å². The molecular formula is C23H40IN7O. The Hall–Kier alpha value is -1.65. The van der Waals surface area contributed by atoms with Gasteiger partial charge in [0.15, 0.2) is 5.96 Å². The van der Waals surface area contributed by atoms with Crippen molar-refractivity contribution in [2.45, 2.75) is 52.4 Å². The maximum Gasteiger partial charge on any atom is 0.225 e. The lowest BCUT2D eigenvalue weighted by atomic mass is 9.81. The number of rotatable bonds is 8. The van der Waals surface area contributed by atoms with E-state index in [4.69, 9.17) is 4.99 Å². The van der Waals surface area contributed by atoms with Crippen LogP contribution >= 0.6 is 24.0 Å². The number of carbonyl (C=O) groups is 1. The highest BCUT2D eigenvalue weighted by Crippen LogP contribution is 2.30. The van der Waals surface area contributed by atoms with Gasteiger partial charge < -0.3 is 20.4 Å². The summed E-state index contributed by atoms with van der Waals surface area (Å²) >= 11 is 0. The number of hydrogen-bond donors (Lipinski definition) is 2. The van der Waals surface area contributed by atoms with Crippen molar-refractivity contribution in [2.24, 2.45) is 16.8 Å². The normalized spacial score (nSPS) is 21.6. The highest BCUT2D eigenvalue weighted by atomic mass is 127. The lowest BCUT2D eigenvalue weighted by Crippen LogP contribution is -2.50. The van der Waals surface area contributed by atoms with Gasteiger partial charge in [-0.1, -0.05) is 26.2 Å². The lowest BCUT2D eigenvalue weighted by molar-refractivity contribution is -0.131. The fourth-order valence-corrected chi connectivity index (χ4v) is 4.58. The Morgan fingerprint density at radius 2 is 1.91 bits per heavy atom. The van der Waals surface area contributed by atoms with Crippen molar-refractivity contribution in [3.8, 4) is 0 Å². The zero-order valence-corrected chi connectivity index (χ0v) is 22.0. The van der Waals surface area contributed by atoms with Crippen LogP contribution in [-0.2, 0) is 4.79 Å². The van der Waals surface area contributed by atoms with Gasteiger partial charge in [0.1, 0.15) is 0 Å². The minimum Gasteiger partial charge on any atom is -0.357 e. The van der Waals surface area contributed by atoms with Crippen LogP contribution in [0.2, 0.25) is 0 Å². The van der Waals surface area contributed by atoms with E-state index in [0.29, 0.717) is 26.1 Å². The predicted molar refractivity (Wildman–Crippen MR) is 141 cm³/mol. The Morgan fingerprint density at radius 3 is 2.59 bits per heavy atom. The summed E-state index contributed by atoms with van der Waals surface area (Å²) in [5.41, 5.74) is 0. The third-order valence-electron chi connectivity index (χ3n) is 6.30. The summed E-state index contributed by atoms with van der Waals surface area (Å²) in [7, 11) is 0. The topological polar surface area (TPSA) is 85.8 Å². The molecule has 8 nitrogen and oxygen atoms in total. The molecule has 0 spiro atoms. The van der Waals surface area contributed by atoms with E-state index in [1.54, 1.807) is 12.4 Å². The Kier molecular flexibility index (Phi) is 12.0. The van der Waals surface area contributed by atoms with E-state index in [0.717, 1.165) is 56.3 Å². The molecule has 1 aliphatic carbocycles. The third kappa shape index (κ3) is 8.71. The molecule has 9 heteroatoms. The minimum atomic E-state index is 0. The first kappa shape index (κ1) is 26.6. The number of carbonyl (C=O) groups excluding carboxylic acids is 1. The molecule has 1 amide bonds. The van der Waals surface area contributed by atoms with Crippen LogP contribution in [0.4, 0.5) is 5.95 Å². The number of hydrogen-bond acceptors (Lipinski definition) is 5. The molecule has 1 aromatic rings. The van der Waals surface area contributed by atoms with Crippen LogP contribution in [0, 0.1) is 11.8 Å². The Labute approximate surface area is 210 Å². The van der Waals surface area contributed by atoms with E-state index in [2.05, 4.69) is 39.3 Å². The van der Waals surface area contributed by atoms with E-state index in [9.17, 15) is 4.79 Å². The number of piperazine rings is 1. The first-order valence-electron chi connectivity index (χ1n) is 12.0. The van der Waals surface area contributed by atoms with Crippen LogP contribution in [0.5, 0.6) is 0 Å². The van der Waals surface area contributed by atoms with Crippen LogP contribution in [0.15, 0.2) is 23.5 Å². The highest BCUT2D eigenvalue weighted by molar-refractivity contribution is 14.0. The Bertz CT molecular complexity index is 695. The molecule has 2 aliphatic rings. The van der Waals surface area contributed by atoms with E-state index < -0.39 is 0 Å². The second-order valence-electron chi connectivity index (χ2n) is 8.78. The molecule has 180 valence electrons. The minimum absolute atomic E-state index is 0. The van der Waals surface area contributed by atoms with Crippen molar-refractivity contribution in [1.82, 2.24) is 25.5 Å². The molecular weight excluding hydrogens is 517 g/mol. The van der Waals surface area contributed by atoms with Crippen molar-refractivity contribution in [3.05, 3.63) is 18.5 Å². The number of anilines is 1. The molecule has 3 rings (SSSR count). The molecule has 0 bridgehead atoms. The Balaban J connectivity index is 0.00000363. The molecule has 1 saturated carbocycles. The first-order valence-corrected chi connectivity index (χ1v) is 12.0. The molecule has 1 saturated heterocycles. The molecule has 1 aliphatic heterocycles. The molecule has 0 radical (unpaired) electrons. The third-order valence-corrected chi connectivity index (χ3v) is 6.30. The van der Waals surface area contributed by atoms with Crippen LogP contribution in [0.3, 0.4) is 0 Å². The van der Waals surface area contributed by atoms with Crippen molar-refractivity contribution >= 4 is 41.8 Å². The van der Waals surface area contributed by atoms with Gasteiger partial charge in [-0.15, -0.1) is 24.0 Å². The summed E-state index contributed by atoms with van der Waals surface area (Å²) in [6.07, 6.45) is 10.6. The number of aromatic nitrogens is 2. The van der Waals surface area contributed by atoms with Gasteiger partial charge in [-0.25, -0.2) is 9.97 Å². The SMILES string of the molecule is CCNC(=NCCC1CCCC(C)C1)NCCC(=O)N1CCN(c2ncccn2)CC1.I. The molecule has 2 N–H and O–H groups in total. The van der Waals surface area contributed by atoms with Crippen LogP contribution in [0.1, 0.15) is 52.4 Å². The summed E-state index contributed by atoms with van der Waals surface area (Å²) in [6.45, 7) is 9.69. The van der Waals surface area contributed by atoms with Gasteiger partial charge in [-0.2, -0.15) is 0 Å². The largest absolute Gasteiger partial charge is 0.357 e. The van der Waals surface area contributed by atoms with E-state index in [-0.39, 0.29) is 29.9 Å². The monoisotopic (exact) mass is 557 g/mol. The van der Waals surface area contributed by atoms with Crippen molar-refractivity contribution < 1.29 is 4.79 Å². The number of aliphatic imine (C=N–C) groups is 1. The Morgan fingerprint density at radius 1 is 1.16 bits per heavy atom. The van der Waals surface area contributed by atoms with Crippen molar-refractivity contribution in [1.29, 1.82) is 0 Å². The van der Waals surface area contributed by atoms with Crippen LogP contribution in [-0.4, -0.2) is 72.5 Å². The summed E-state index contributed by atoms with van der Waals surface area (Å²) in [5.74, 6) is 3.43. The maximum atomic E-state index is 12.6. The lowest BCUT2D eigenvalue weighted by Gasteiger charge is -2.34. The van der Waals surface area contributed by atoms with Crippen LogP contribution in [0.25, 0.3) is 0 Å². The molecule has 2 unspecified atom stereocenters. The van der Waals surface area contributed by atoms with Gasteiger partial charge in [-0.3, -0.25) is 9.79 Å². The number of guanidine groups is 1. The van der Waals surface area contributed by atoms with Gasteiger partial charge in [0.25, 0.3) is 0 Å². The number of amides is 1. The second kappa shape index (κ2) is 14.5. The average molecular weight is 558 g/mol. The quantitative estimate of drug-likeness (QED) is 0.291. The van der Waals surface area contributed by atoms with Gasteiger partial charge >= 0.3 is 0 Å². The fourth-order valence-electron chi connectivity index (χ4n) is 4.58. The van der Waals surface area contributed by atoms with E-state index in [1.807, 2.05) is 11.0 Å². The zero-order valence-electron chi connectivity index (χ0n) is 19.6. The molecule has 2 heterocycles. The highest BCUT2D eigenvalue weighted by Gasteiger charge is 2.22. The van der Waals surface area contributed by atoms with E-state index in [1.165, 1.54) is 25.7 Å². The van der Waals surface area contributed by atoms with Gasteiger partial charge in [0.2, 0.25) is 11.9 Å². The predicted octanol–water partition coefficient (Wildman–Crippen LogP) is 2.90. The smallest absolute Gasteiger partial charge is 0.225 e. The van der Waals surface area contributed by atoms with Gasteiger partial charge in [0.05, 0.1) is 0 Å². The molecule has 1 aromatic heterocycles. The zero-order chi connectivity index (χ0) is 21.9. The summed E-state index contributed by atoms with van der Waals surface area (Å²) < 4.78 is 0. The number of nitrogens with zero attached hydrogens (tertiary/aromatic N) is 5. The number of nitrogens with one attached hydrogen (secondary N) is 2. The average Bonchev–Trinajstić information content (AvgIpc) is 2.80. The standard InChI is InChI=1S/C23H39N7O.HI/c1-3-24-22(25-12-8-20-7-4-6-19(2)18-20)26-13-9-21(31)29-14-16-30(17-15-29)23-27-10-5-11-28-23;/h5,10-11,19-20H,3-4,6-9,12-18H2,1-2H3,(H2,24,25,26);1H. The van der Waals surface area contributed by atoms with E-state index >= 15 is 0 Å². The first-order chi connectivity index (χ1) is 15.2. The summed E-state index contributed by atoms with van der Waals surface area (Å²) in [5, 5.41) is 6.63. The molecule has 32 heavy (non-hydrogen) atoms. The second-order valence-corrected chi connectivity index (χ2v) is 8.78. The molecule has 2 atom stereocenters. The molecule has 0 aromatic carbocycles. The molecule has 2 fully saturated rings. The summed E-state index contributed by atoms with van der Waals surface area (Å²) in [4.78, 5) is 30.0. The van der Waals surface area contributed by atoms with Crippen molar-refractivity contribution in [2.75, 3.05) is 50.7 Å². The fraction of sp³-hybridized carbons (Fsp3) is 0.739. The van der Waals surface area contributed by atoms with Gasteiger partial charge in [-0.05, 0) is 37.7 Å².